The minimum atomic E-state index is -0.600. The highest BCUT2D eigenvalue weighted by Crippen LogP contribution is 2.15. The minimum absolute atomic E-state index is 0.261. The summed E-state index contributed by atoms with van der Waals surface area (Å²) in [4.78, 5) is 13.9. The molecule has 102 valence electrons. The largest absolute Gasteiger partial charge is 0.368 e. The van der Waals surface area contributed by atoms with Crippen LogP contribution in [0.5, 0.6) is 0 Å². The van der Waals surface area contributed by atoms with Gasteiger partial charge in [0, 0.05) is 6.04 Å². The summed E-state index contributed by atoms with van der Waals surface area (Å²) in [5, 5.41) is 3.27. The first-order valence-electron chi connectivity index (χ1n) is 6.62. The molecule has 3 N–H and O–H groups in total. The van der Waals surface area contributed by atoms with Gasteiger partial charge in [-0.15, -0.1) is 0 Å². The highest BCUT2D eigenvalue weighted by molar-refractivity contribution is 5.84. The fourth-order valence-electron chi connectivity index (χ4n) is 1.98. The van der Waals surface area contributed by atoms with Crippen molar-refractivity contribution in [2.45, 2.75) is 58.5 Å². The van der Waals surface area contributed by atoms with Crippen molar-refractivity contribution in [3.05, 3.63) is 0 Å². The zero-order valence-electron chi connectivity index (χ0n) is 12.0. The minimum Gasteiger partial charge on any atom is -0.368 e. The summed E-state index contributed by atoms with van der Waals surface area (Å²) in [7, 11) is 2.09. The number of rotatable bonds is 9. The average Bonchev–Trinajstić information content (AvgIpc) is 2.26. The molecule has 0 aromatic rings. The lowest BCUT2D eigenvalue weighted by atomic mass is 9.92. The Morgan fingerprint density at radius 3 is 2.41 bits per heavy atom. The van der Waals surface area contributed by atoms with E-state index in [9.17, 15) is 4.79 Å². The van der Waals surface area contributed by atoms with Gasteiger partial charge in [-0.1, -0.05) is 13.8 Å². The third-order valence-corrected chi connectivity index (χ3v) is 3.34. The SMILES string of the molecule is CCCNC(C)(CC(C)N(C)CCC)C(N)=O. The van der Waals surface area contributed by atoms with Gasteiger partial charge in [0.2, 0.25) is 5.91 Å². The maximum atomic E-state index is 11.6. The van der Waals surface area contributed by atoms with Crippen molar-refractivity contribution < 1.29 is 4.79 Å². The summed E-state index contributed by atoms with van der Waals surface area (Å²) in [6.07, 6.45) is 2.87. The van der Waals surface area contributed by atoms with Crippen molar-refractivity contribution in [1.29, 1.82) is 0 Å². The number of carbonyl (C=O) groups excluding carboxylic acids is 1. The first-order valence-corrected chi connectivity index (χ1v) is 6.62. The molecule has 0 radical (unpaired) electrons. The Morgan fingerprint density at radius 2 is 2.00 bits per heavy atom. The number of primary amides is 1. The Balaban J connectivity index is 4.47. The van der Waals surface area contributed by atoms with Crippen LogP contribution in [-0.4, -0.2) is 42.5 Å². The monoisotopic (exact) mass is 243 g/mol. The molecule has 4 nitrogen and oxygen atoms in total. The first kappa shape index (κ1) is 16.4. The summed E-state index contributed by atoms with van der Waals surface area (Å²) < 4.78 is 0. The van der Waals surface area contributed by atoms with E-state index in [0.29, 0.717) is 6.04 Å². The molecule has 0 spiro atoms. The number of nitrogens with one attached hydrogen (secondary N) is 1. The second kappa shape index (κ2) is 7.67. The molecule has 0 aromatic heterocycles. The second-order valence-corrected chi connectivity index (χ2v) is 5.16. The van der Waals surface area contributed by atoms with Crippen molar-refractivity contribution in [2.75, 3.05) is 20.1 Å². The van der Waals surface area contributed by atoms with Gasteiger partial charge >= 0.3 is 0 Å². The highest BCUT2D eigenvalue weighted by Gasteiger charge is 2.32. The van der Waals surface area contributed by atoms with E-state index in [1.807, 2.05) is 6.92 Å². The Bertz CT molecular complexity index is 233. The molecule has 0 bridgehead atoms. The predicted molar refractivity (Wildman–Crippen MR) is 72.9 cm³/mol. The fraction of sp³-hybridized carbons (Fsp3) is 0.923. The van der Waals surface area contributed by atoms with Crippen molar-refractivity contribution in [3.63, 3.8) is 0 Å². The molecule has 2 unspecified atom stereocenters. The van der Waals surface area contributed by atoms with Crippen molar-refractivity contribution in [3.8, 4) is 0 Å². The standard InChI is InChI=1S/C13H29N3O/c1-6-8-15-13(4,12(14)17)10-11(3)16(5)9-7-2/h11,15H,6-10H2,1-5H3,(H2,14,17). The van der Waals surface area contributed by atoms with E-state index in [1.165, 1.54) is 0 Å². The van der Waals surface area contributed by atoms with Gasteiger partial charge in [0.1, 0.15) is 0 Å². The van der Waals surface area contributed by atoms with Gasteiger partial charge in [0.25, 0.3) is 0 Å². The van der Waals surface area contributed by atoms with E-state index in [2.05, 4.69) is 38.0 Å². The van der Waals surface area contributed by atoms with E-state index in [4.69, 9.17) is 5.73 Å². The molecule has 4 heteroatoms. The maximum absolute atomic E-state index is 11.6. The van der Waals surface area contributed by atoms with E-state index < -0.39 is 5.54 Å². The van der Waals surface area contributed by atoms with Crippen LogP contribution in [0.15, 0.2) is 0 Å². The third-order valence-electron chi connectivity index (χ3n) is 3.34. The van der Waals surface area contributed by atoms with Crippen LogP contribution >= 0.6 is 0 Å². The number of nitrogens with zero attached hydrogens (tertiary/aromatic N) is 1. The number of hydrogen-bond donors (Lipinski definition) is 2. The highest BCUT2D eigenvalue weighted by atomic mass is 16.1. The molecule has 0 aliphatic rings. The zero-order valence-corrected chi connectivity index (χ0v) is 12.0. The molecular weight excluding hydrogens is 214 g/mol. The number of amides is 1. The van der Waals surface area contributed by atoms with Crippen LogP contribution in [0.2, 0.25) is 0 Å². The molecule has 0 aromatic carbocycles. The van der Waals surface area contributed by atoms with Crippen molar-refractivity contribution >= 4 is 5.91 Å². The summed E-state index contributed by atoms with van der Waals surface area (Å²) in [6, 6.07) is 0.344. The molecule has 0 fully saturated rings. The molecule has 1 amide bonds. The van der Waals surface area contributed by atoms with E-state index in [-0.39, 0.29) is 5.91 Å². The van der Waals surface area contributed by atoms with Crippen LogP contribution in [0.25, 0.3) is 0 Å². The zero-order chi connectivity index (χ0) is 13.5. The van der Waals surface area contributed by atoms with Crippen LogP contribution in [0, 0.1) is 0 Å². The van der Waals surface area contributed by atoms with Gasteiger partial charge in [0.15, 0.2) is 0 Å². The molecule has 0 saturated heterocycles. The van der Waals surface area contributed by atoms with Crippen LogP contribution in [0.4, 0.5) is 0 Å². The molecule has 17 heavy (non-hydrogen) atoms. The Morgan fingerprint density at radius 1 is 1.41 bits per heavy atom. The molecule has 0 saturated carbocycles. The molecule has 0 aliphatic heterocycles. The average molecular weight is 243 g/mol. The molecule has 0 aliphatic carbocycles. The molecule has 2 atom stereocenters. The summed E-state index contributed by atoms with van der Waals surface area (Å²) in [6.45, 7) is 10.2. The molecular formula is C13H29N3O. The van der Waals surface area contributed by atoms with Gasteiger partial charge < -0.3 is 16.0 Å². The first-order chi connectivity index (χ1) is 7.87. The summed E-state index contributed by atoms with van der Waals surface area (Å²) in [5.74, 6) is -0.261. The van der Waals surface area contributed by atoms with Crippen LogP contribution in [-0.2, 0) is 4.79 Å². The van der Waals surface area contributed by atoms with Crippen LogP contribution < -0.4 is 11.1 Å². The van der Waals surface area contributed by atoms with E-state index in [0.717, 1.165) is 32.4 Å². The summed E-state index contributed by atoms with van der Waals surface area (Å²) >= 11 is 0. The third kappa shape index (κ3) is 5.50. The maximum Gasteiger partial charge on any atom is 0.237 e. The fourth-order valence-corrected chi connectivity index (χ4v) is 1.98. The van der Waals surface area contributed by atoms with E-state index in [1.54, 1.807) is 0 Å². The smallest absolute Gasteiger partial charge is 0.237 e. The second-order valence-electron chi connectivity index (χ2n) is 5.16. The quantitative estimate of drug-likeness (QED) is 0.643. The van der Waals surface area contributed by atoms with E-state index >= 15 is 0 Å². The number of carbonyl (C=O) groups is 1. The van der Waals surface area contributed by atoms with Crippen molar-refractivity contribution in [2.24, 2.45) is 5.73 Å². The molecule has 0 rings (SSSR count). The lowest BCUT2D eigenvalue weighted by Crippen LogP contribution is -2.56. The Kier molecular flexibility index (Phi) is 7.39. The molecule has 0 heterocycles. The number of nitrogens with two attached hydrogens (primary N) is 1. The summed E-state index contributed by atoms with van der Waals surface area (Å²) in [5.41, 5.74) is 4.91. The predicted octanol–water partition coefficient (Wildman–Crippen LogP) is 1.35. The Hall–Kier alpha value is -0.610. The van der Waals surface area contributed by atoms with Gasteiger partial charge in [-0.3, -0.25) is 4.79 Å². The van der Waals surface area contributed by atoms with Gasteiger partial charge in [0.05, 0.1) is 5.54 Å². The topological polar surface area (TPSA) is 58.4 Å². The van der Waals surface area contributed by atoms with Crippen LogP contribution in [0.3, 0.4) is 0 Å². The Labute approximate surface area is 106 Å². The van der Waals surface area contributed by atoms with Crippen molar-refractivity contribution in [1.82, 2.24) is 10.2 Å². The van der Waals surface area contributed by atoms with Gasteiger partial charge in [-0.2, -0.15) is 0 Å². The lowest BCUT2D eigenvalue weighted by molar-refractivity contribution is -0.124. The number of hydrogen-bond acceptors (Lipinski definition) is 3. The normalized spacial score (nSPS) is 16.8. The van der Waals surface area contributed by atoms with Crippen LogP contribution in [0.1, 0.15) is 47.0 Å². The lowest BCUT2D eigenvalue weighted by Gasteiger charge is -2.34. The van der Waals surface area contributed by atoms with Gasteiger partial charge in [-0.25, -0.2) is 0 Å². The van der Waals surface area contributed by atoms with Gasteiger partial charge in [-0.05, 0) is 53.2 Å².